The van der Waals surface area contributed by atoms with Crippen molar-refractivity contribution in [3.8, 4) is 5.75 Å². The molecule has 0 unspecified atom stereocenters. The predicted molar refractivity (Wildman–Crippen MR) is 106 cm³/mol. The van der Waals surface area contributed by atoms with Gasteiger partial charge >= 0.3 is 0 Å². The van der Waals surface area contributed by atoms with Gasteiger partial charge < -0.3 is 14.5 Å². The highest BCUT2D eigenvalue weighted by Crippen LogP contribution is 2.28. The van der Waals surface area contributed by atoms with E-state index in [4.69, 9.17) is 4.74 Å². The Balaban J connectivity index is 1.28. The summed E-state index contributed by atoms with van der Waals surface area (Å²) in [6, 6.07) is 17.0. The van der Waals surface area contributed by atoms with Gasteiger partial charge in [-0.1, -0.05) is 56.3 Å². The van der Waals surface area contributed by atoms with E-state index in [1.807, 2.05) is 23.1 Å². The van der Waals surface area contributed by atoms with Crippen molar-refractivity contribution in [2.75, 3.05) is 26.2 Å². The first-order valence-electron chi connectivity index (χ1n) is 10.1. The molecule has 1 amide bonds. The van der Waals surface area contributed by atoms with Crippen molar-refractivity contribution in [2.45, 2.75) is 38.8 Å². The van der Waals surface area contributed by atoms with E-state index in [9.17, 15) is 4.79 Å². The van der Waals surface area contributed by atoms with E-state index in [1.54, 1.807) is 4.90 Å². The Morgan fingerprint density at radius 3 is 2.48 bits per heavy atom. The van der Waals surface area contributed by atoms with Crippen molar-refractivity contribution < 1.29 is 14.4 Å². The average molecular weight is 365 g/mol. The molecule has 2 heterocycles. The number of piperazine rings is 1. The second-order valence-electron chi connectivity index (χ2n) is 8.07. The fourth-order valence-electron chi connectivity index (χ4n) is 4.05. The maximum atomic E-state index is 12.8. The van der Waals surface area contributed by atoms with Crippen LogP contribution in [0.1, 0.15) is 36.5 Å². The molecular formula is C23H29N2O2+. The third-order valence-electron chi connectivity index (χ3n) is 5.81. The number of rotatable bonds is 4. The zero-order valence-electron chi connectivity index (χ0n) is 16.3. The van der Waals surface area contributed by atoms with Gasteiger partial charge in [0.2, 0.25) is 0 Å². The zero-order valence-corrected chi connectivity index (χ0v) is 16.3. The van der Waals surface area contributed by atoms with Crippen molar-refractivity contribution in [3.63, 3.8) is 0 Å². The summed E-state index contributed by atoms with van der Waals surface area (Å²) in [4.78, 5) is 16.4. The molecule has 2 aromatic carbocycles. The Labute approximate surface area is 161 Å². The molecule has 0 aromatic heterocycles. The summed E-state index contributed by atoms with van der Waals surface area (Å²) < 4.78 is 5.88. The first-order valence-corrected chi connectivity index (χ1v) is 10.1. The van der Waals surface area contributed by atoms with Crippen LogP contribution in [0.25, 0.3) is 0 Å². The van der Waals surface area contributed by atoms with E-state index in [2.05, 4.69) is 44.2 Å². The highest BCUT2D eigenvalue weighted by Gasteiger charge is 2.34. The van der Waals surface area contributed by atoms with Crippen LogP contribution in [0.5, 0.6) is 5.75 Å². The topological polar surface area (TPSA) is 34.0 Å². The molecular weight excluding hydrogens is 336 g/mol. The van der Waals surface area contributed by atoms with Crippen LogP contribution in [0.3, 0.4) is 0 Å². The van der Waals surface area contributed by atoms with Gasteiger partial charge in [-0.25, -0.2) is 0 Å². The second-order valence-corrected chi connectivity index (χ2v) is 8.07. The van der Waals surface area contributed by atoms with Crippen LogP contribution in [-0.4, -0.2) is 43.1 Å². The highest BCUT2D eigenvalue weighted by atomic mass is 16.5. The summed E-state index contributed by atoms with van der Waals surface area (Å²) in [5, 5.41) is 0. The van der Waals surface area contributed by atoms with E-state index < -0.39 is 0 Å². The summed E-state index contributed by atoms with van der Waals surface area (Å²) in [6.07, 6.45) is 0.358. The third kappa shape index (κ3) is 4.01. The smallest absolute Gasteiger partial charge is 0.264 e. The van der Waals surface area contributed by atoms with Gasteiger partial charge in [0.1, 0.15) is 12.3 Å². The van der Waals surface area contributed by atoms with Crippen molar-refractivity contribution in [3.05, 3.63) is 65.2 Å². The number of carbonyl (C=O) groups is 1. The van der Waals surface area contributed by atoms with E-state index in [0.717, 1.165) is 44.0 Å². The quantitative estimate of drug-likeness (QED) is 0.900. The molecule has 142 valence electrons. The molecule has 0 bridgehead atoms. The van der Waals surface area contributed by atoms with Gasteiger partial charge in [0.05, 0.1) is 26.2 Å². The lowest BCUT2D eigenvalue weighted by Crippen LogP contribution is -3.13. The number of ether oxygens (including phenoxy) is 1. The van der Waals surface area contributed by atoms with Crippen molar-refractivity contribution >= 4 is 5.91 Å². The molecule has 4 nitrogen and oxygen atoms in total. The molecule has 2 aliphatic heterocycles. The van der Waals surface area contributed by atoms with E-state index in [0.29, 0.717) is 12.3 Å². The molecule has 4 rings (SSSR count). The second kappa shape index (κ2) is 7.73. The normalized spacial score (nSPS) is 19.8. The van der Waals surface area contributed by atoms with Gasteiger partial charge in [0, 0.05) is 12.0 Å². The molecule has 1 fully saturated rings. The standard InChI is InChI=1S/C23H28N2O2/c1-17(2)19-9-7-18(8-10-19)16-24-11-13-25(14-12-24)23(26)22-15-20-5-3-4-6-21(20)27-22/h3-10,17,22H,11-16H2,1-2H3/p+1/t22-/m1/s1. The Morgan fingerprint density at radius 1 is 1.11 bits per heavy atom. The molecule has 27 heavy (non-hydrogen) atoms. The minimum Gasteiger partial charge on any atom is -0.480 e. The lowest BCUT2D eigenvalue weighted by molar-refractivity contribution is -0.917. The maximum Gasteiger partial charge on any atom is 0.264 e. The molecule has 0 radical (unpaired) electrons. The van der Waals surface area contributed by atoms with Crippen LogP contribution in [-0.2, 0) is 17.8 Å². The third-order valence-corrected chi connectivity index (χ3v) is 5.81. The molecule has 0 saturated carbocycles. The van der Waals surface area contributed by atoms with Crippen LogP contribution in [0.4, 0.5) is 0 Å². The van der Waals surface area contributed by atoms with Gasteiger partial charge in [-0.2, -0.15) is 0 Å². The number of amides is 1. The van der Waals surface area contributed by atoms with Crippen LogP contribution in [0, 0.1) is 0 Å². The van der Waals surface area contributed by atoms with Crippen LogP contribution in [0.15, 0.2) is 48.5 Å². The fraction of sp³-hybridized carbons (Fsp3) is 0.435. The average Bonchev–Trinajstić information content (AvgIpc) is 3.13. The van der Waals surface area contributed by atoms with Gasteiger partial charge in [0.15, 0.2) is 6.10 Å². The van der Waals surface area contributed by atoms with Gasteiger partial charge in [-0.05, 0) is 23.1 Å². The molecule has 2 aliphatic rings. The number of hydrogen-bond acceptors (Lipinski definition) is 2. The molecule has 1 saturated heterocycles. The number of nitrogens with one attached hydrogen (secondary N) is 1. The highest BCUT2D eigenvalue weighted by molar-refractivity contribution is 5.82. The maximum absolute atomic E-state index is 12.8. The van der Waals surface area contributed by atoms with E-state index in [1.165, 1.54) is 11.1 Å². The fourth-order valence-corrected chi connectivity index (χ4v) is 4.05. The Kier molecular flexibility index (Phi) is 5.17. The number of nitrogens with zero attached hydrogens (tertiary/aromatic N) is 1. The van der Waals surface area contributed by atoms with Crippen LogP contribution >= 0.6 is 0 Å². The Hall–Kier alpha value is -2.33. The largest absolute Gasteiger partial charge is 0.480 e. The summed E-state index contributed by atoms with van der Waals surface area (Å²) in [5.41, 5.74) is 3.91. The van der Waals surface area contributed by atoms with Crippen molar-refractivity contribution in [1.29, 1.82) is 0 Å². The SMILES string of the molecule is CC(C)c1ccc(C[NH+]2CCN(C(=O)[C@H]3Cc4ccccc4O3)CC2)cc1. The predicted octanol–water partition coefficient (Wildman–Crippen LogP) is 2.04. The first-order chi connectivity index (χ1) is 13.1. The molecule has 1 atom stereocenters. The molecule has 0 aliphatic carbocycles. The lowest BCUT2D eigenvalue weighted by atomic mass is 10.0. The van der Waals surface area contributed by atoms with Gasteiger partial charge in [-0.15, -0.1) is 0 Å². The number of fused-ring (bicyclic) bond motifs is 1. The van der Waals surface area contributed by atoms with Crippen LogP contribution < -0.4 is 9.64 Å². The number of quaternary nitrogens is 1. The molecule has 4 heteroatoms. The molecule has 0 spiro atoms. The number of benzene rings is 2. The van der Waals surface area contributed by atoms with Crippen LogP contribution in [0.2, 0.25) is 0 Å². The summed E-state index contributed by atoms with van der Waals surface area (Å²) in [7, 11) is 0. The zero-order chi connectivity index (χ0) is 18.8. The number of carbonyl (C=O) groups excluding carboxylic acids is 1. The number of hydrogen-bond donors (Lipinski definition) is 1. The first kappa shape index (κ1) is 18.1. The Morgan fingerprint density at radius 2 is 1.81 bits per heavy atom. The van der Waals surface area contributed by atoms with E-state index >= 15 is 0 Å². The Bertz CT molecular complexity index is 767. The minimum atomic E-state index is -0.340. The monoisotopic (exact) mass is 365 g/mol. The summed E-state index contributed by atoms with van der Waals surface area (Å²) in [6.45, 7) is 9.11. The van der Waals surface area contributed by atoms with Crippen molar-refractivity contribution in [2.24, 2.45) is 0 Å². The summed E-state index contributed by atoms with van der Waals surface area (Å²) in [5.74, 6) is 1.58. The molecule has 1 N–H and O–H groups in total. The van der Waals surface area contributed by atoms with Gasteiger partial charge in [0.25, 0.3) is 5.91 Å². The minimum absolute atomic E-state index is 0.145. The van der Waals surface area contributed by atoms with Gasteiger partial charge in [-0.3, -0.25) is 4.79 Å². The van der Waals surface area contributed by atoms with Crippen molar-refractivity contribution in [1.82, 2.24) is 4.90 Å². The number of para-hydroxylation sites is 1. The molecule has 2 aromatic rings. The summed E-state index contributed by atoms with van der Waals surface area (Å²) >= 11 is 0. The lowest BCUT2D eigenvalue weighted by Gasteiger charge is -2.33. The van der Waals surface area contributed by atoms with E-state index in [-0.39, 0.29) is 12.0 Å².